The summed E-state index contributed by atoms with van der Waals surface area (Å²) in [4.78, 5) is 43.2. The molecule has 1 aliphatic rings. The molecule has 0 spiro atoms. The second kappa shape index (κ2) is 9.12. The minimum Gasteiger partial charge on any atom is -0.480 e. The lowest BCUT2D eigenvalue weighted by Crippen LogP contribution is -2.43. The van der Waals surface area contributed by atoms with Crippen molar-refractivity contribution >= 4 is 29.1 Å². The summed E-state index contributed by atoms with van der Waals surface area (Å²) in [5.74, 6) is -0.841. The van der Waals surface area contributed by atoms with Crippen LogP contribution >= 0.6 is 11.3 Å². The van der Waals surface area contributed by atoms with Crippen molar-refractivity contribution in [2.75, 3.05) is 19.6 Å². The largest absolute Gasteiger partial charge is 0.480 e. The zero-order chi connectivity index (χ0) is 19.3. The second-order valence-corrected chi connectivity index (χ2v) is 8.08. The third-order valence-electron chi connectivity index (χ3n) is 4.49. The van der Waals surface area contributed by atoms with Gasteiger partial charge in [-0.3, -0.25) is 14.4 Å². The van der Waals surface area contributed by atoms with Crippen LogP contribution in [0.5, 0.6) is 0 Å². The van der Waals surface area contributed by atoms with E-state index in [0.29, 0.717) is 37.5 Å². The highest BCUT2D eigenvalue weighted by molar-refractivity contribution is 7.09. The van der Waals surface area contributed by atoms with E-state index in [1.807, 2.05) is 5.38 Å². The zero-order valence-corrected chi connectivity index (χ0v) is 16.4. The molecule has 8 heteroatoms. The molecule has 2 rings (SSSR count). The van der Waals surface area contributed by atoms with Crippen LogP contribution in [0.2, 0.25) is 0 Å². The summed E-state index contributed by atoms with van der Waals surface area (Å²) in [7, 11) is 0. The molecular formula is C18H27N3O4S. The van der Waals surface area contributed by atoms with Crippen molar-refractivity contribution in [3.63, 3.8) is 0 Å². The summed E-state index contributed by atoms with van der Waals surface area (Å²) in [5, 5.41) is 11.8. The van der Waals surface area contributed by atoms with Crippen molar-refractivity contribution in [3.05, 3.63) is 16.1 Å². The Kier molecular flexibility index (Phi) is 7.14. The number of amides is 2. The maximum Gasteiger partial charge on any atom is 0.323 e. The van der Waals surface area contributed by atoms with E-state index in [1.165, 1.54) is 23.2 Å². The van der Waals surface area contributed by atoms with Gasteiger partial charge in [0, 0.05) is 37.9 Å². The molecule has 0 bridgehead atoms. The smallest absolute Gasteiger partial charge is 0.323 e. The highest BCUT2D eigenvalue weighted by atomic mass is 32.1. The summed E-state index contributed by atoms with van der Waals surface area (Å²) in [6, 6.07) is -0.145. The number of nitrogens with zero attached hydrogens (tertiary/aromatic N) is 3. The van der Waals surface area contributed by atoms with Gasteiger partial charge < -0.3 is 14.9 Å². The molecule has 1 N–H and O–H groups in total. The third-order valence-corrected chi connectivity index (χ3v) is 5.36. The maximum absolute atomic E-state index is 12.7. The Morgan fingerprint density at radius 3 is 2.69 bits per heavy atom. The first-order valence-electron chi connectivity index (χ1n) is 9.00. The van der Waals surface area contributed by atoms with Crippen LogP contribution in [0.1, 0.15) is 55.5 Å². The van der Waals surface area contributed by atoms with Crippen LogP contribution in [-0.2, 0) is 16.0 Å². The van der Waals surface area contributed by atoms with Gasteiger partial charge in [-0.1, -0.05) is 13.8 Å². The maximum atomic E-state index is 12.7. The highest BCUT2D eigenvalue weighted by Crippen LogP contribution is 2.20. The monoisotopic (exact) mass is 381 g/mol. The van der Waals surface area contributed by atoms with Gasteiger partial charge in [0.1, 0.15) is 12.2 Å². The molecule has 0 saturated carbocycles. The van der Waals surface area contributed by atoms with Crippen molar-refractivity contribution in [1.29, 1.82) is 0 Å². The molecule has 1 aromatic rings. The molecule has 26 heavy (non-hydrogen) atoms. The number of carbonyl (C=O) groups excluding carboxylic acids is 2. The molecule has 2 heterocycles. The minimum atomic E-state index is -1.02. The molecule has 0 aromatic carbocycles. The van der Waals surface area contributed by atoms with E-state index in [4.69, 9.17) is 5.11 Å². The summed E-state index contributed by atoms with van der Waals surface area (Å²) < 4.78 is 0. The van der Waals surface area contributed by atoms with Crippen LogP contribution < -0.4 is 0 Å². The third kappa shape index (κ3) is 5.52. The van der Waals surface area contributed by atoms with E-state index >= 15 is 0 Å². The van der Waals surface area contributed by atoms with Gasteiger partial charge in [0.05, 0.1) is 5.01 Å². The second-order valence-electron chi connectivity index (χ2n) is 7.14. The number of hydrogen-bond acceptors (Lipinski definition) is 5. The molecule has 7 nitrogen and oxygen atoms in total. The number of likely N-dealkylation sites (tertiary alicyclic amines) is 1. The van der Waals surface area contributed by atoms with Gasteiger partial charge in [0.15, 0.2) is 0 Å². The van der Waals surface area contributed by atoms with Gasteiger partial charge >= 0.3 is 5.97 Å². The van der Waals surface area contributed by atoms with E-state index in [1.54, 1.807) is 4.90 Å². The van der Waals surface area contributed by atoms with E-state index in [2.05, 4.69) is 18.8 Å². The Morgan fingerprint density at radius 2 is 2.08 bits per heavy atom. The fourth-order valence-corrected chi connectivity index (χ4v) is 4.23. The van der Waals surface area contributed by atoms with Gasteiger partial charge in [-0.25, -0.2) is 4.98 Å². The lowest BCUT2D eigenvalue weighted by Gasteiger charge is -2.28. The Labute approximate surface area is 158 Å². The number of carboxylic acids is 1. The normalized spacial score (nSPS) is 17.8. The van der Waals surface area contributed by atoms with E-state index in [9.17, 15) is 14.4 Å². The van der Waals surface area contributed by atoms with Crippen LogP contribution in [0.25, 0.3) is 0 Å². The van der Waals surface area contributed by atoms with Crippen LogP contribution in [0, 0.1) is 5.92 Å². The van der Waals surface area contributed by atoms with Crippen LogP contribution in [-0.4, -0.2) is 63.4 Å². The fraction of sp³-hybridized carbons (Fsp3) is 0.667. The molecule has 0 radical (unpaired) electrons. The summed E-state index contributed by atoms with van der Waals surface area (Å²) in [6.45, 7) is 6.45. The fourth-order valence-electron chi connectivity index (χ4n) is 3.25. The predicted octanol–water partition coefficient (Wildman–Crippen LogP) is 2.27. The topological polar surface area (TPSA) is 90.8 Å². The number of carbonyl (C=O) groups is 3. The summed E-state index contributed by atoms with van der Waals surface area (Å²) in [5.41, 5.74) is 0.484. The van der Waals surface area contributed by atoms with E-state index in [-0.39, 0.29) is 24.4 Å². The van der Waals surface area contributed by atoms with Crippen molar-refractivity contribution in [3.8, 4) is 0 Å². The molecule has 1 atom stereocenters. The molecule has 0 aliphatic carbocycles. The zero-order valence-electron chi connectivity index (χ0n) is 15.6. The highest BCUT2D eigenvalue weighted by Gasteiger charge is 2.28. The van der Waals surface area contributed by atoms with Crippen LogP contribution in [0.4, 0.5) is 0 Å². The Hall–Kier alpha value is -1.96. The Morgan fingerprint density at radius 1 is 1.35 bits per heavy atom. The van der Waals surface area contributed by atoms with Gasteiger partial charge in [0.25, 0.3) is 5.91 Å². The first kappa shape index (κ1) is 20.4. The average molecular weight is 381 g/mol. The number of rotatable bonds is 6. The van der Waals surface area contributed by atoms with Gasteiger partial charge in [-0.2, -0.15) is 0 Å². The number of carboxylic acid groups (broad SMARTS) is 1. The molecule has 1 saturated heterocycles. The quantitative estimate of drug-likeness (QED) is 0.816. The lowest BCUT2D eigenvalue weighted by molar-refractivity contribution is -0.145. The molecule has 1 aromatic heterocycles. The molecular weight excluding hydrogens is 354 g/mol. The standard InChI is InChI=1S/C18H27N3O4S/c1-12(2)9-16-19-15(11-26-16)18(25)20-7-4-5-14(6-8-20)21(13(3)22)10-17(23)24/h11-12,14H,4-10H2,1-3H3,(H,23,24). The first-order chi connectivity index (χ1) is 12.3. The van der Waals surface area contributed by atoms with Crippen LogP contribution in [0.15, 0.2) is 5.38 Å². The number of aromatic nitrogens is 1. The van der Waals surface area contributed by atoms with Gasteiger partial charge in [0.2, 0.25) is 5.91 Å². The van der Waals surface area contributed by atoms with E-state index < -0.39 is 5.97 Å². The number of aliphatic carboxylic acids is 1. The molecule has 144 valence electrons. The number of hydrogen-bond donors (Lipinski definition) is 1. The van der Waals surface area contributed by atoms with E-state index in [0.717, 1.165) is 17.8 Å². The number of thiazole rings is 1. The predicted molar refractivity (Wildman–Crippen MR) is 99.2 cm³/mol. The molecule has 1 unspecified atom stereocenters. The minimum absolute atomic E-state index is 0.0792. The SMILES string of the molecule is CC(=O)N(CC(=O)O)C1CCCN(C(=O)c2csc(CC(C)C)n2)CC1. The summed E-state index contributed by atoms with van der Waals surface area (Å²) in [6.07, 6.45) is 2.89. The van der Waals surface area contributed by atoms with Gasteiger partial charge in [-0.15, -0.1) is 11.3 Å². The molecule has 1 fully saturated rings. The van der Waals surface area contributed by atoms with Gasteiger partial charge in [-0.05, 0) is 25.2 Å². The Balaban J connectivity index is 2.00. The Bertz CT molecular complexity index is 659. The average Bonchev–Trinajstić information content (AvgIpc) is 2.87. The lowest BCUT2D eigenvalue weighted by atomic mass is 10.1. The van der Waals surface area contributed by atoms with Crippen molar-refractivity contribution in [1.82, 2.24) is 14.8 Å². The first-order valence-corrected chi connectivity index (χ1v) is 9.88. The van der Waals surface area contributed by atoms with Crippen molar-refractivity contribution in [2.24, 2.45) is 5.92 Å². The summed E-state index contributed by atoms with van der Waals surface area (Å²) >= 11 is 1.51. The van der Waals surface area contributed by atoms with Crippen LogP contribution in [0.3, 0.4) is 0 Å². The van der Waals surface area contributed by atoms with Crippen molar-refractivity contribution < 1.29 is 19.5 Å². The molecule has 1 aliphatic heterocycles. The molecule has 2 amide bonds. The van der Waals surface area contributed by atoms with Crippen molar-refractivity contribution in [2.45, 2.75) is 52.5 Å².